The van der Waals surface area contributed by atoms with Crippen molar-refractivity contribution in [1.82, 2.24) is 19.7 Å². The van der Waals surface area contributed by atoms with Gasteiger partial charge in [-0.05, 0) is 125 Å². The van der Waals surface area contributed by atoms with Gasteiger partial charge in [-0.25, -0.2) is 9.78 Å². The standard InChI is InChI=1S/C38H51N5O5/c1-25(2)43-23-32(21-40-43)31-15-17-39-36(20-31)42(22-27-5-7-28(8-6-27)30-11-14-35(47-4)26(3)19-30)37(45)29-9-12-34(13-10-29)48-38(46)41-18-16-33(41)24-44/h11,14-15,17,19-21,23,25,27-29,33-34,44H,5-10,12-13,16,18,22,24H2,1-4H3/t27?,28?,29?,33-,34?/m0/s1. The summed E-state index contributed by atoms with van der Waals surface area (Å²) in [5, 5.41) is 14.0. The summed E-state index contributed by atoms with van der Waals surface area (Å²) in [7, 11) is 1.71. The van der Waals surface area contributed by atoms with Crippen LogP contribution in [0.15, 0.2) is 48.9 Å². The van der Waals surface area contributed by atoms with Crippen LogP contribution in [-0.2, 0) is 9.53 Å². The second-order valence-corrected chi connectivity index (χ2v) is 14.3. The first kappa shape index (κ1) is 34.0. The van der Waals surface area contributed by atoms with E-state index in [2.05, 4.69) is 44.1 Å². The lowest BCUT2D eigenvalue weighted by molar-refractivity contribution is -0.124. The number of carbonyl (C=O) groups excluding carboxylic acids is 2. The fourth-order valence-electron chi connectivity index (χ4n) is 7.63. The number of nitrogens with zero attached hydrogens (tertiary/aromatic N) is 5. The van der Waals surface area contributed by atoms with E-state index in [0.717, 1.165) is 54.5 Å². The smallest absolute Gasteiger partial charge is 0.410 e. The van der Waals surface area contributed by atoms with Crippen LogP contribution in [0.2, 0.25) is 0 Å². The summed E-state index contributed by atoms with van der Waals surface area (Å²) in [6.07, 6.45) is 12.9. The van der Waals surface area contributed by atoms with Crippen LogP contribution < -0.4 is 9.64 Å². The van der Waals surface area contributed by atoms with E-state index in [9.17, 15) is 14.7 Å². The Morgan fingerprint density at radius 2 is 1.77 bits per heavy atom. The van der Waals surface area contributed by atoms with Gasteiger partial charge in [0, 0.05) is 43.0 Å². The van der Waals surface area contributed by atoms with Crippen molar-refractivity contribution in [3.05, 3.63) is 60.0 Å². The number of anilines is 1. The number of aliphatic hydroxyl groups excluding tert-OH is 1. The molecule has 0 unspecified atom stereocenters. The number of hydrogen-bond donors (Lipinski definition) is 1. The molecule has 1 N–H and O–H groups in total. The number of aryl methyl sites for hydroxylation is 1. The lowest BCUT2D eigenvalue weighted by Gasteiger charge is -2.40. The third-order valence-corrected chi connectivity index (χ3v) is 10.8. The van der Waals surface area contributed by atoms with Crippen molar-refractivity contribution in [3.63, 3.8) is 0 Å². The maximum absolute atomic E-state index is 14.4. The molecule has 2 saturated carbocycles. The van der Waals surface area contributed by atoms with Crippen LogP contribution >= 0.6 is 0 Å². The fourth-order valence-corrected chi connectivity index (χ4v) is 7.63. The number of likely N-dealkylation sites (tertiary alicyclic amines) is 1. The number of carbonyl (C=O) groups is 2. The van der Waals surface area contributed by atoms with Gasteiger partial charge in [0.1, 0.15) is 17.7 Å². The highest BCUT2D eigenvalue weighted by Gasteiger charge is 2.37. The SMILES string of the molecule is COc1ccc(C2CCC(CN(C(=O)C3CCC(OC(=O)N4CC[C@H]4CO)CC3)c3cc(-c4cnn(C(C)C)c4)ccn3)CC2)cc1C. The Balaban J connectivity index is 1.15. The molecule has 3 heterocycles. The van der Waals surface area contributed by atoms with Crippen LogP contribution in [0.1, 0.15) is 94.7 Å². The van der Waals surface area contributed by atoms with E-state index in [0.29, 0.717) is 56.4 Å². The third-order valence-electron chi connectivity index (χ3n) is 10.8. The second kappa shape index (κ2) is 15.1. The summed E-state index contributed by atoms with van der Waals surface area (Å²) in [4.78, 5) is 35.3. The van der Waals surface area contributed by atoms with E-state index in [4.69, 9.17) is 14.5 Å². The number of rotatable bonds is 10. The zero-order valence-corrected chi connectivity index (χ0v) is 28.9. The molecule has 0 spiro atoms. The number of aromatic nitrogens is 3. The molecule has 3 fully saturated rings. The van der Waals surface area contributed by atoms with Crippen molar-refractivity contribution in [2.24, 2.45) is 11.8 Å². The van der Waals surface area contributed by atoms with Gasteiger partial charge in [0.25, 0.3) is 0 Å². The number of methoxy groups -OCH3 is 1. The molecule has 3 aliphatic rings. The molecule has 2 aliphatic carbocycles. The summed E-state index contributed by atoms with van der Waals surface area (Å²) < 4.78 is 13.2. The van der Waals surface area contributed by atoms with Crippen molar-refractivity contribution in [1.29, 1.82) is 0 Å². The van der Waals surface area contributed by atoms with Gasteiger partial charge in [-0.15, -0.1) is 0 Å². The molecule has 3 aromatic rings. The zero-order valence-electron chi connectivity index (χ0n) is 28.9. The summed E-state index contributed by atoms with van der Waals surface area (Å²) in [5.41, 5.74) is 4.53. The van der Waals surface area contributed by atoms with Crippen molar-refractivity contribution in [2.45, 2.75) is 103 Å². The van der Waals surface area contributed by atoms with Gasteiger partial charge < -0.3 is 19.5 Å². The van der Waals surface area contributed by atoms with Crippen LogP contribution in [0.3, 0.4) is 0 Å². The van der Waals surface area contributed by atoms with E-state index < -0.39 is 0 Å². The minimum absolute atomic E-state index is 0.0374. The predicted molar refractivity (Wildman–Crippen MR) is 185 cm³/mol. The third kappa shape index (κ3) is 7.53. The van der Waals surface area contributed by atoms with Crippen molar-refractivity contribution >= 4 is 17.8 Å². The maximum Gasteiger partial charge on any atom is 0.410 e. The monoisotopic (exact) mass is 657 g/mol. The zero-order chi connectivity index (χ0) is 33.8. The second-order valence-electron chi connectivity index (χ2n) is 14.3. The Morgan fingerprint density at radius 1 is 1.00 bits per heavy atom. The van der Waals surface area contributed by atoms with Gasteiger partial charge >= 0.3 is 6.09 Å². The molecule has 2 amide bonds. The molecule has 10 heteroatoms. The Kier molecular flexibility index (Phi) is 10.7. The van der Waals surface area contributed by atoms with Crippen LogP contribution in [0.4, 0.5) is 10.6 Å². The van der Waals surface area contributed by atoms with Gasteiger partial charge in [-0.1, -0.05) is 12.1 Å². The molecule has 0 bridgehead atoms. The van der Waals surface area contributed by atoms with E-state index in [-0.39, 0.29) is 42.7 Å². The highest BCUT2D eigenvalue weighted by Crippen LogP contribution is 2.39. The van der Waals surface area contributed by atoms with Gasteiger partial charge in [0.05, 0.1) is 26.0 Å². The van der Waals surface area contributed by atoms with Crippen molar-refractivity contribution in [3.8, 4) is 16.9 Å². The molecular formula is C38H51N5O5. The van der Waals surface area contributed by atoms with Crippen LogP contribution in [0.25, 0.3) is 11.1 Å². The largest absolute Gasteiger partial charge is 0.496 e. The molecule has 48 heavy (non-hydrogen) atoms. The molecule has 0 radical (unpaired) electrons. The number of pyridine rings is 1. The molecular weight excluding hydrogens is 606 g/mol. The molecule has 2 aromatic heterocycles. The number of amides is 2. The molecule has 6 rings (SSSR count). The van der Waals surface area contributed by atoms with Gasteiger partial charge in [0.2, 0.25) is 5.91 Å². The quantitative estimate of drug-likeness (QED) is 0.252. The predicted octanol–water partition coefficient (Wildman–Crippen LogP) is 6.91. The number of benzene rings is 1. The summed E-state index contributed by atoms with van der Waals surface area (Å²) in [6.45, 7) is 7.53. The molecule has 1 saturated heterocycles. The average Bonchev–Trinajstić information content (AvgIpc) is 3.59. The van der Waals surface area contributed by atoms with Crippen LogP contribution in [-0.4, -0.2) is 75.7 Å². The van der Waals surface area contributed by atoms with Gasteiger partial charge in [-0.3, -0.25) is 14.4 Å². The lowest BCUT2D eigenvalue weighted by Crippen LogP contribution is -2.53. The first-order valence-corrected chi connectivity index (χ1v) is 17.8. The van der Waals surface area contributed by atoms with Gasteiger partial charge in [0.15, 0.2) is 0 Å². The van der Waals surface area contributed by atoms with Crippen molar-refractivity contribution < 1.29 is 24.2 Å². The summed E-state index contributed by atoms with van der Waals surface area (Å²) >= 11 is 0. The van der Waals surface area contributed by atoms with Gasteiger partial charge in [-0.2, -0.15) is 5.10 Å². The highest BCUT2D eigenvalue weighted by atomic mass is 16.6. The highest BCUT2D eigenvalue weighted by molar-refractivity contribution is 5.94. The summed E-state index contributed by atoms with van der Waals surface area (Å²) in [5.74, 6) is 2.46. The van der Waals surface area contributed by atoms with Crippen molar-refractivity contribution in [2.75, 3.05) is 31.7 Å². The Bertz CT molecular complexity index is 1550. The molecule has 1 atom stereocenters. The molecule has 1 aliphatic heterocycles. The van der Waals surface area contributed by atoms with E-state index in [1.165, 1.54) is 5.56 Å². The van der Waals surface area contributed by atoms with Crippen LogP contribution in [0.5, 0.6) is 5.75 Å². The summed E-state index contributed by atoms with van der Waals surface area (Å²) in [6, 6.07) is 10.7. The Hall–Kier alpha value is -3.92. The number of aliphatic hydroxyl groups is 1. The van der Waals surface area contributed by atoms with E-state index in [1.807, 2.05) is 34.1 Å². The first-order valence-electron chi connectivity index (χ1n) is 17.8. The Morgan fingerprint density at radius 3 is 2.40 bits per heavy atom. The van der Waals surface area contributed by atoms with E-state index in [1.54, 1.807) is 18.2 Å². The number of hydrogen-bond acceptors (Lipinski definition) is 7. The average molecular weight is 658 g/mol. The molecule has 10 nitrogen and oxygen atoms in total. The Labute approximate surface area is 284 Å². The minimum atomic E-state index is -0.348. The normalized spacial score (nSPS) is 24.2. The fraction of sp³-hybridized carbons (Fsp3) is 0.579. The lowest BCUT2D eigenvalue weighted by atomic mass is 9.78. The topological polar surface area (TPSA) is 110 Å². The molecule has 1 aromatic carbocycles. The maximum atomic E-state index is 14.4. The molecule has 258 valence electrons. The first-order chi connectivity index (χ1) is 23.2. The number of ether oxygens (including phenoxy) is 2. The van der Waals surface area contributed by atoms with Crippen LogP contribution in [0, 0.1) is 18.8 Å². The van der Waals surface area contributed by atoms with E-state index >= 15 is 0 Å². The minimum Gasteiger partial charge on any atom is -0.496 e.